The molecule has 3 heteroatoms. The van der Waals surface area contributed by atoms with E-state index in [-0.39, 0.29) is 0 Å². The first kappa shape index (κ1) is 10.1. The molecule has 0 unspecified atom stereocenters. The molecule has 1 aliphatic rings. The number of esters is 1. The van der Waals surface area contributed by atoms with Crippen molar-refractivity contribution >= 4 is 5.97 Å². The number of carbonyl (C=O) groups is 1. The van der Waals surface area contributed by atoms with Crippen LogP contribution in [0.5, 0.6) is 0 Å². The van der Waals surface area contributed by atoms with E-state index in [2.05, 4.69) is 16.6 Å². The van der Waals surface area contributed by atoms with Gasteiger partial charge < -0.3 is 10.5 Å². The summed E-state index contributed by atoms with van der Waals surface area (Å²) in [4.78, 5) is 10.9. The molecule has 0 aromatic carbocycles. The molecule has 0 bridgehead atoms. The Labute approximate surface area is 78.6 Å². The summed E-state index contributed by atoms with van der Waals surface area (Å²) in [7, 11) is 0. The van der Waals surface area contributed by atoms with Gasteiger partial charge in [-0.05, 0) is 19.8 Å². The van der Waals surface area contributed by atoms with Crippen molar-refractivity contribution in [3.05, 3.63) is 0 Å². The standard InChI is InChI=1S/C10H15NO2/c1-2-13-9(12)5-8-10(11)6-3-4-7-10/h2-4,6-7,11H2,1H3. The average molecular weight is 181 g/mol. The highest BCUT2D eigenvalue weighted by Gasteiger charge is 2.26. The van der Waals surface area contributed by atoms with E-state index in [0.717, 1.165) is 25.7 Å². The summed E-state index contributed by atoms with van der Waals surface area (Å²) in [5.41, 5.74) is 5.48. The third-order valence-corrected chi connectivity index (χ3v) is 2.18. The van der Waals surface area contributed by atoms with Gasteiger partial charge >= 0.3 is 5.97 Å². The van der Waals surface area contributed by atoms with Crippen LogP contribution in [0, 0.1) is 11.8 Å². The molecule has 0 atom stereocenters. The summed E-state index contributed by atoms with van der Waals surface area (Å²) < 4.78 is 4.68. The number of nitrogens with two attached hydrogens (primary N) is 1. The monoisotopic (exact) mass is 181 g/mol. The Morgan fingerprint density at radius 3 is 2.69 bits per heavy atom. The minimum atomic E-state index is -0.473. The van der Waals surface area contributed by atoms with Crippen LogP contribution in [0.4, 0.5) is 0 Å². The lowest BCUT2D eigenvalue weighted by molar-refractivity contribution is -0.136. The van der Waals surface area contributed by atoms with Crippen LogP contribution < -0.4 is 5.73 Å². The zero-order valence-corrected chi connectivity index (χ0v) is 7.93. The van der Waals surface area contributed by atoms with E-state index >= 15 is 0 Å². The molecule has 1 rings (SSSR count). The van der Waals surface area contributed by atoms with Gasteiger partial charge in [0.05, 0.1) is 12.1 Å². The van der Waals surface area contributed by atoms with E-state index in [1.807, 2.05) is 0 Å². The maximum atomic E-state index is 10.9. The highest BCUT2D eigenvalue weighted by molar-refractivity contribution is 5.88. The highest BCUT2D eigenvalue weighted by atomic mass is 16.5. The van der Waals surface area contributed by atoms with Gasteiger partial charge in [0.2, 0.25) is 0 Å². The summed E-state index contributed by atoms with van der Waals surface area (Å²) in [6.45, 7) is 2.12. The number of rotatable bonds is 1. The summed E-state index contributed by atoms with van der Waals surface area (Å²) in [6, 6.07) is 0. The van der Waals surface area contributed by atoms with Crippen LogP contribution in [0.2, 0.25) is 0 Å². The van der Waals surface area contributed by atoms with Gasteiger partial charge in [-0.25, -0.2) is 4.79 Å². The second-order valence-corrected chi connectivity index (χ2v) is 3.33. The molecule has 1 aliphatic carbocycles. The second kappa shape index (κ2) is 4.29. The molecule has 3 nitrogen and oxygen atoms in total. The summed E-state index contributed by atoms with van der Waals surface area (Å²) in [5, 5.41) is 0. The smallest absolute Gasteiger partial charge is 0.384 e. The summed E-state index contributed by atoms with van der Waals surface area (Å²) in [6.07, 6.45) is 3.99. The van der Waals surface area contributed by atoms with E-state index < -0.39 is 11.5 Å². The molecule has 0 aliphatic heterocycles. The minimum absolute atomic E-state index is 0.366. The second-order valence-electron chi connectivity index (χ2n) is 3.33. The van der Waals surface area contributed by atoms with Crippen molar-refractivity contribution < 1.29 is 9.53 Å². The molecule has 0 spiro atoms. The van der Waals surface area contributed by atoms with Crippen LogP contribution in [0.3, 0.4) is 0 Å². The molecular weight excluding hydrogens is 166 g/mol. The average Bonchev–Trinajstić information content (AvgIpc) is 2.51. The van der Waals surface area contributed by atoms with Crippen molar-refractivity contribution in [2.45, 2.75) is 38.1 Å². The third kappa shape index (κ3) is 3.08. The topological polar surface area (TPSA) is 52.3 Å². The normalized spacial score (nSPS) is 18.9. The fraction of sp³-hybridized carbons (Fsp3) is 0.700. The van der Waals surface area contributed by atoms with E-state index in [1.165, 1.54) is 0 Å². The van der Waals surface area contributed by atoms with Crippen molar-refractivity contribution in [1.82, 2.24) is 0 Å². The zero-order chi connectivity index (χ0) is 9.73. The molecular formula is C10H15NO2. The Kier molecular flexibility index (Phi) is 3.32. The summed E-state index contributed by atoms with van der Waals surface area (Å²) >= 11 is 0. The van der Waals surface area contributed by atoms with Gasteiger partial charge in [-0.2, -0.15) is 0 Å². The fourth-order valence-electron chi connectivity index (χ4n) is 1.47. The van der Waals surface area contributed by atoms with E-state index in [1.54, 1.807) is 6.92 Å². The number of hydrogen-bond donors (Lipinski definition) is 1. The molecule has 1 fully saturated rings. The largest absolute Gasteiger partial charge is 0.456 e. The lowest BCUT2D eigenvalue weighted by atomic mass is 10.0. The quantitative estimate of drug-likeness (QED) is 0.370. The van der Waals surface area contributed by atoms with Crippen LogP contribution in [0.25, 0.3) is 0 Å². The van der Waals surface area contributed by atoms with Crippen molar-refractivity contribution in [3.63, 3.8) is 0 Å². The fourth-order valence-corrected chi connectivity index (χ4v) is 1.47. The molecule has 0 radical (unpaired) electrons. The third-order valence-electron chi connectivity index (χ3n) is 2.18. The predicted molar refractivity (Wildman–Crippen MR) is 49.8 cm³/mol. The Balaban J connectivity index is 2.49. The van der Waals surface area contributed by atoms with Gasteiger partial charge in [-0.15, -0.1) is 0 Å². The Morgan fingerprint density at radius 2 is 2.15 bits per heavy atom. The molecule has 0 saturated heterocycles. The van der Waals surface area contributed by atoms with Crippen molar-refractivity contribution in [2.24, 2.45) is 5.73 Å². The number of carbonyl (C=O) groups excluding carboxylic acids is 1. The van der Waals surface area contributed by atoms with Crippen LogP contribution in [0.15, 0.2) is 0 Å². The first-order valence-electron chi connectivity index (χ1n) is 4.65. The Morgan fingerprint density at radius 1 is 1.54 bits per heavy atom. The van der Waals surface area contributed by atoms with Crippen molar-refractivity contribution in [3.8, 4) is 11.8 Å². The molecule has 1 saturated carbocycles. The van der Waals surface area contributed by atoms with E-state index in [9.17, 15) is 4.79 Å². The van der Waals surface area contributed by atoms with Gasteiger partial charge in [-0.3, -0.25) is 0 Å². The lowest BCUT2D eigenvalue weighted by Gasteiger charge is -2.13. The van der Waals surface area contributed by atoms with Crippen LogP contribution in [-0.4, -0.2) is 18.1 Å². The molecule has 0 aromatic heterocycles. The lowest BCUT2D eigenvalue weighted by Crippen LogP contribution is -2.34. The van der Waals surface area contributed by atoms with E-state index in [0.29, 0.717) is 6.61 Å². The number of ether oxygens (including phenoxy) is 1. The van der Waals surface area contributed by atoms with Crippen LogP contribution in [-0.2, 0) is 9.53 Å². The SMILES string of the molecule is CCOC(=O)C#CC1(N)CCCC1. The van der Waals surface area contributed by atoms with Gasteiger partial charge in [0.15, 0.2) is 0 Å². The molecule has 2 N–H and O–H groups in total. The first-order valence-corrected chi connectivity index (χ1v) is 4.65. The molecule has 0 heterocycles. The molecule has 72 valence electrons. The maximum Gasteiger partial charge on any atom is 0.384 e. The van der Waals surface area contributed by atoms with Gasteiger partial charge in [0.25, 0.3) is 0 Å². The molecule has 13 heavy (non-hydrogen) atoms. The van der Waals surface area contributed by atoms with Gasteiger partial charge in [-0.1, -0.05) is 18.8 Å². The van der Waals surface area contributed by atoms with E-state index in [4.69, 9.17) is 5.73 Å². The summed E-state index contributed by atoms with van der Waals surface area (Å²) in [5.74, 6) is 4.75. The van der Waals surface area contributed by atoms with Crippen molar-refractivity contribution in [2.75, 3.05) is 6.61 Å². The van der Waals surface area contributed by atoms with Crippen LogP contribution in [0.1, 0.15) is 32.6 Å². The van der Waals surface area contributed by atoms with Gasteiger partial charge in [0, 0.05) is 5.92 Å². The number of hydrogen-bond acceptors (Lipinski definition) is 3. The molecule has 0 aromatic rings. The Hall–Kier alpha value is -1.01. The van der Waals surface area contributed by atoms with Crippen molar-refractivity contribution in [1.29, 1.82) is 0 Å². The van der Waals surface area contributed by atoms with Crippen LogP contribution >= 0.6 is 0 Å². The zero-order valence-electron chi connectivity index (χ0n) is 7.93. The maximum absolute atomic E-state index is 10.9. The first-order chi connectivity index (χ1) is 6.16. The molecule has 0 amide bonds. The minimum Gasteiger partial charge on any atom is -0.456 e. The Bertz CT molecular complexity index is 243. The highest BCUT2D eigenvalue weighted by Crippen LogP contribution is 2.25. The van der Waals surface area contributed by atoms with Gasteiger partial charge in [0.1, 0.15) is 0 Å². The predicted octanol–water partition coefficient (Wildman–Crippen LogP) is 0.824.